The minimum Gasteiger partial charge on any atom is -0.324 e. The highest BCUT2D eigenvalue weighted by Gasteiger charge is 1.95. The monoisotopic (exact) mass is 127 g/mol. The minimum atomic E-state index is 0.204. The summed E-state index contributed by atoms with van der Waals surface area (Å²) in [6.07, 6.45) is 0. The summed E-state index contributed by atoms with van der Waals surface area (Å²) in [5.41, 5.74) is 5.57. The molecule has 1 nitrogen and oxygen atoms in total. The molecule has 0 saturated carbocycles. The second kappa shape index (κ2) is 2.29. The van der Waals surface area contributed by atoms with Gasteiger partial charge in [0.1, 0.15) is 0 Å². The van der Waals surface area contributed by atoms with Crippen molar-refractivity contribution in [2.75, 3.05) is 0 Å². The molecular weight excluding hydrogens is 118 g/mol. The van der Waals surface area contributed by atoms with Gasteiger partial charge in [0, 0.05) is 10.9 Å². The van der Waals surface area contributed by atoms with Crippen LogP contribution in [-0.2, 0) is 0 Å². The molecule has 1 rings (SSSR count). The van der Waals surface area contributed by atoms with Crippen LogP contribution in [0.5, 0.6) is 0 Å². The van der Waals surface area contributed by atoms with Gasteiger partial charge in [-0.1, -0.05) is 6.07 Å². The fourth-order valence-corrected chi connectivity index (χ4v) is 1.24. The first-order chi connectivity index (χ1) is 3.80. The normalized spacial score (nSPS) is 13.8. The summed E-state index contributed by atoms with van der Waals surface area (Å²) in [4.78, 5) is 1.25. The van der Waals surface area contributed by atoms with Gasteiger partial charge >= 0.3 is 0 Å². The second-order valence-corrected chi connectivity index (χ2v) is 2.78. The molecule has 0 fully saturated rings. The van der Waals surface area contributed by atoms with Crippen molar-refractivity contribution in [1.82, 2.24) is 0 Å². The van der Waals surface area contributed by atoms with E-state index in [1.165, 1.54) is 4.88 Å². The Balaban J connectivity index is 2.77. The van der Waals surface area contributed by atoms with E-state index in [0.717, 1.165) is 0 Å². The molecule has 0 aromatic carbocycles. The lowest BCUT2D eigenvalue weighted by Gasteiger charge is -1.96. The number of thiophene rings is 1. The highest BCUT2D eigenvalue weighted by Crippen LogP contribution is 2.14. The first-order valence-corrected chi connectivity index (χ1v) is 3.47. The molecule has 1 aromatic rings. The number of hydrogen-bond acceptors (Lipinski definition) is 2. The van der Waals surface area contributed by atoms with Crippen LogP contribution < -0.4 is 5.73 Å². The molecule has 8 heavy (non-hydrogen) atoms. The number of nitrogens with two attached hydrogens (primary N) is 1. The Morgan fingerprint density at radius 1 is 1.75 bits per heavy atom. The Morgan fingerprint density at radius 2 is 2.50 bits per heavy atom. The van der Waals surface area contributed by atoms with Crippen LogP contribution in [0.3, 0.4) is 0 Å². The molecule has 44 valence electrons. The molecule has 2 heteroatoms. The van der Waals surface area contributed by atoms with Gasteiger partial charge in [0.25, 0.3) is 0 Å². The van der Waals surface area contributed by atoms with Crippen LogP contribution in [0.15, 0.2) is 17.5 Å². The molecule has 1 heterocycles. The Morgan fingerprint density at radius 3 is 2.75 bits per heavy atom. The Kier molecular flexibility index (Phi) is 1.65. The quantitative estimate of drug-likeness (QED) is 0.611. The van der Waals surface area contributed by atoms with Gasteiger partial charge in [0.05, 0.1) is 0 Å². The molecule has 0 aliphatic heterocycles. The molecule has 0 bridgehead atoms. The van der Waals surface area contributed by atoms with Crippen LogP contribution in [0, 0.1) is 0 Å². The van der Waals surface area contributed by atoms with Gasteiger partial charge in [-0.05, 0) is 18.4 Å². The van der Waals surface area contributed by atoms with Crippen LogP contribution in [0.25, 0.3) is 0 Å². The van der Waals surface area contributed by atoms with Gasteiger partial charge in [-0.2, -0.15) is 0 Å². The Labute approximate surface area is 53.1 Å². The maximum absolute atomic E-state index is 5.57. The second-order valence-electron chi connectivity index (χ2n) is 1.80. The summed E-state index contributed by atoms with van der Waals surface area (Å²) in [7, 11) is 0. The highest BCUT2D eigenvalue weighted by atomic mass is 32.1. The van der Waals surface area contributed by atoms with Gasteiger partial charge in [-0.3, -0.25) is 0 Å². The molecule has 1 aromatic heterocycles. The van der Waals surface area contributed by atoms with E-state index in [0.29, 0.717) is 0 Å². The number of rotatable bonds is 1. The smallest absolute Gasteiger partial charge is 0.0360 e. The summed E-state index contributed by atoms with van der Waals surface area (Å²) in [5.74, 6) is 0. The summed E-state index contributed by atoms with van der Waals surface area (Å²) >= 11 is 1.71. The zero-order chi connectivity index (χ0) is 5.98. The molecule has 0 amide bonds. The van der Waals surface area contributed by atoms with Crippen LogP contribution in [0.4, 0.5) is 0 Å². The predicted octanol–water partition coefficient (Wildman–Crippen LogP) is 1.77. The molecule has 0 saturated heterocycles. The predicted molar refractivity (Wildman–Crippen MR) is 36.9 cm³/mol. The van der Waals surface area contributed by atoms with E-state index in [1.807, 2.05) is 18.4 Å². The summed E-state index contributed by atoms with van der Waals surface area (Å²) in [6.45, 7) is 1.99. The lowest BCUT2D eigenvalue weighted by Crippen LogP contribution is -2.01. The lowest BCUT2D eigenvalue weighted by molar-refractivity contribution is 0.838. The fourth-order valence-electron chi connectivity index (χ4n) is 0.550. The van der Waals surface area contributed by atoms with E-state index in [9.17, 15) is 0 Å². The van der Waals surface area contributed by atoms with Crippen LogP contribution in [0.1, 0.15) is 17.8 Å². The first kappa shape index (κ1) is 5.79. The third-order valence-electron chi connectivity index (χ3n) is 0.992. The lowest BCUT2D eigenvalue weighted by atomic mass is 10.3. The van der Waals surface area contributed by atoms with Gasteiger partial charge in [-0.15, -0.1) is 11.3 Å². The standard InChI is InChI=1S/C6H9NS/c1-5(7)6-3-2-4-8-6/h2-5H,7H2,1H3/t5-/m1/s1. The van der Waals surface area contributed by atoms with Crippen molar-refractivity contribution in [2.45, 2.75) is 13.0 Å². The van der Waals surface area contributed by atoms with Crippen molar-refractivity contribution >= 4 is 11.3 Å². The molecule has 0 spiro atoms. The van der Waals surface area contributed by atoms with Crippen LogP contribution >= 0.6 is 11.3 Å². The van der Waals surface area contributed by atoms with Gasteiger partial charge in [0.2, 0.25) is 0 Å². The maximum atomic E-state index is 5.57. The summed E-state index contributed by atoms with van der Waals surface area (Å²) < 4.78 is 0. The van der Waals surface area contributed by atoms with Crippen molar-refractivity contribution in [3.63, 3.8) is 0 Å². The molecule has 2 N–H and O–H groups in total. The van der Waals surface area contributed by atoms with E-state index < -0.39 is 0 Å². The third-order valence-corrected chi connectivity index (χ3v) is 2.07. The van der Waals surface area contributed by atoms with Gasteiger partial charge in [-0.25, -0.2) is 0 Å². The van der Waals surface area contributed by atoms with Crippen molar-refractivity contribution in [3.8, 4) is 0 Å². The van der Waals surface area contributed by atoms with Crippen molar-refractivity contribution in [2.24, 2.45) is 5.73 Å². The van der Waals surface area contributed by atoms with Gasteiger partial charge in [0.15, 0.2) is 0 Å². The van der Waals surface area contributed by atoms with Crippen molar-refractivity contribution in [3.05, 3.63) is 22.4 Å². The molecule has 0 unspecified atom stereocenters. The van der Waals surface area contributed by atoms with E-state index >= 15 is 0 Å². The average Bonchev–Trinajstić information content (AvgIpc) is 2.12. The number of hydrogen-bond donors (Lipinski definition) is 1. The Hall–Kier alpha value is -0.340. The summed E-state index contributed by atoms with van der Waals surface area (Å²) in [6, 6.07) is 4.27. The topological polar surface area (TPSA) is 26.0 Å². The fraction of sp³-hybridized carbons (Fsp3) is 0.333. The molecule has 1 atom stereocenters. The van der Waals surface area contributed by atoms with E-state index in [-0.39, 0.29) is 6.04 Å². The molecular formula is C6H9NS. The minimum absolute atomic E-state index is 0.204. The summed E-state index contributed by atoms with van der Waals surface area (Å²) in [5, 5.41) is 2.04. The van der Waals surface area contributed by atoms with Gasteiger partial charge < -0.3 is 5.73 Å². The largest absolute Gasteiger partial charge is 0.324 e. The Bertz CT molecular complexity index is 144. The van der Waals surface area contributed by atoms with Crippen LogP contribution in [0.2, 0.25) is 0 Å². The molecule has 0 aliphatic rings. The van der Waals surface area contributed by atoms with Crippen molar-refractivity contribution < 1.29 is 0 Å². The molecule has 0 aliphatic carbocycles. The van der Waals surface area contributed by atoms with E-state index in [4.69, 9.17) is 5.73 Å². The highest BCUT2D eigenvalue weighted by molar-refractivity contribution is 7.10. The molecule has 0 radical (unpaired) electrons. The van der Waals surface area contributed by atoms with E-state index in [2.05, 4.69) is 6.07 Å². The van der Waals surface area contributed by atoms with E-state index in [1.54, 1.807) is 11.3 Å². The first-order valence-electron chi connectivity index (χ1n) is 2.59. The van der Waals surface area contributed by atoms with Crippen LogP contribution in [-0.4, -0.2) is 0 Å². The maximum Gasteiger partial charge on any atom is 0.0360 e. The van der Waals surface area contributed by atoms with Crippen molar-refractivity contribution in [1.29, 1.82) is 0 Å². The third kappa shape index (κ3) is 1.08. The average molecular weight is 127 g/mol. The zero-order valence-electron chi connectivity index (χ0n) is 4.79. The zero-order valence-corrected chi connectivity index (χ0v) is 5.61. The SMILES string of the molecule is C[C@@H](N)c1cccs1.